The molecule has 1 aromatic heterocycles. The normalized spacial score (nSPS) is 19.9. The monoisotopic (exact) mass is 276 g/mol. The third-order valence-electron chi connectivity index (χ3n) is 3.84. The van der Waals surface area contributed by atoms with E-state index in [9.17, 15) is 0 Å². The van der Waals surface area contributed by atoms with Crippen LogP contribution in [0.5, 0.6) is 0 Å². The van der Waals surface area contributed by atoms with E-state index in [1.54, 1.807) is 0 Å². The van der Waals surface area contributed by atoms with Gasteiger partial charge in [0.25, 0.3) is 0 Å². The van der Waals surface area contributed by atoms with E-state index in [1.807, 2.05) is 12.3 Å². The van der Waals surface area contributed by atoms with Gasteiger partial charge in [0, 0.05) is 23.9 Å². The van der Waals surface area contributed by atoms with E-state index >= 15 is 0 Å². The summed E-state index contributed by atoms with van der Waals surface area (Å²) in [5.41, 5.74) is 2.60. The highest BCUT2D eigenvalue weighted by atomic mass is 16.5. The van der Waals surface area contributed by atoms with Crippen LogP contribution in [0.25, 0.3) is 0 Å². The number of fused-ring (bicyclic) bond motifs is 1. The molecule has 0 bridgehead atoms. The lowest BCUT2D eigenvalue weighted by molar-refractivity contribution is -0.0179. The predicted octanol–water partition coefficient (Wildman–Crippen LogP) is 3.29. The lowest BCUT2D eigenvalue weighted by Crippen LogP contribution is -2.41. The van der Waals surface area contributed by atoms with E-state index in [0.29, 0.717) is 12.0 Å². The maximum Gasteiger partial charge on any atom is 0.0633 e. The summed E-state index contributed by atoms with van der Waals surface area (Å²) in [7, 11) is 0. The molecule has 0 fully saturated rings. The van der Waals surface area contributed by atoms with Gasteiger partial charge in [0.1, 0.15) is 0 Å². The Kier molecular flexibility index (Phi) is 5.17. The first-order valence-corrected chi connectivity index (χ1v) is 7.82. The first-order chi connectivity index (χ1) is 9.51. The van der Waals surface area contributed by atoms with Crippen LogP contribution in [0.3, 0.4) is 0 Å². The molecule has 0 aliphatic heterocycles. The zero-order valence-corrected chi connectivity index (χ0v) is 13.3. The molecule has 20 heavy (non-hydrogen) atoms. The number of hydrogen-bond donors (Lipinski definition) is 1. The van der Waals surface area contributed by atoms with Crippen LogP contribution < -0.4 is 5.32 Å². The molecular weight excluding hydrogens is 248 g/mol. The van der Waals surface area contributed by atoms with Gasteiger partial charge in [0.05, 0.1) is 12.2 Å². The Bertz CT molecular complexity index is 425. The van der Waals surface area contributed by atoms with Gasteiger partial charge in [-0.15, -0.1) is 0 Å². The Morgan fingerprint density at radius 3 is 2.95 bits per heavy atom. The molecule has 112 valence electrons. The van der Waals surface area contributed by atoms with Crippen molar-refractivity contribution in [2.75, 3.05) is 13.2 Å². The van der Waals surface area contributed by atoms with Crippen molar-refractivity contribution in [3.8, 4) is 0 Å². The SMILES string of the molecule is CCCNC(COC(C)(C)C)C1CCc2cccnc21. The van der Waals surface area contributed by atoms with Gasteiger partial charge in [-0.1, -0.05) is 13.0 Å². The van der Waals surface area contributed by atoms with Crippen LogP contribution in [0.15, 0.2) is 18.3 Å². The molecule has 2 unspecified atom stereocenters. The van der Waals surface area contributed by atoms with Crippen LogP contribution in [0.1, 0.15) is 57.7 Å². The van der Waals surface area contributed by atoms with E-state index in [1.165, 1.54) is 17.7 Å². The number of aromatic nitrogens is 1. The average Bonchev–Trinajstić information content (AvgIpc) is 2.82. The fourth-order valence-corrected chi connectivity index (χ4v) is 2.82. The zero-order chi connectivity index (χ0) is 14.6. The van der Waals surface area contributed by atoms with E-state index < -0.39 is 0 Å². The van der Waals surface area contributed by atoms with Gasteiger partial charge in [-0.2, -0.15) is 0 Å². The minimum Gasteiger partial charge on any atom is -0.374 e. The van der Waals surface area contributed by atoms with Gasteiger partial charge < -0.3 is 10.1 Å². The molecule has 1 heterocycles. The van der Waals surface area contributed by atoms with Crippen LogP contribution in [0.4, 0.5) is 0 Å². The van der Waals surface area contributed by atoms with Crippen LogP contribution in [0, 0.1) is 0 Å². The molecule has 3 heteroatoms. The molecule has 0 spiro atoms. The molecule has 1 aliphatic carbocycles. The number of pyridine rings is 1. The van der Waals surface area contributed by atoms with Crippen molar-refractivity contribution in [1.82, 2.24) is 10.3 Å². The molecular formula is C17H28N2O. The molecule has 0 radical (unpaired) electrons. The molecule has 2 rings (SSSR count). The molecule has 2 atom stereocenters. The first kappa shape index (κ1) is 15.5. The van der Waals surface area contributed by atoms with Gasteiger partial charge in [-0.3, -0.25) is 4.98 Å². The summed E-state index contributed by atoms with van der Waals surface area (Å²) in [6.45, 7) is 10.3. The lowest BCUT2D eigenvalue weighted by Gasteiger charge is -2.29. The van der Waals surface area contributed by atoms with E-state index in [4.69, 9.17) is 4.74 Å². The fourth-order valence-electron chi connectivity index (χ4n) is 2.82. The molecule has 1 aliphatic rings. The van der Waals surface area contributed by atoms with Gasteiger partial charge in [-0.05, 0) is 58.2 Å². The summed E-state index contributed by atoms with van der Waals surface area (Å²) in [4.78, 5) is 4.62. The van der Waals surface area contributed by atoms with Gasteiger partial charge in [-0.25, -0.2) is 0 Å². The average molecular weight is 276 g/mol. The quantitative estimate of drug-likeness (QED) is 0.865. The fraction of sp³-hybridized carbons (Fsp3) is 0.706. The molecule has 0 saturated heterocycles. The highest BCUT2D eigenvalue weighted by molar-refractivity contribution is 5.30. The van der Waals surface area contributed by atoms with Crippen LogP contribution in [-0.4, -0.2) is 29.8 Å². The van der Waals surface area contributed by atoms with Crippen molar-refractivity contribution in [2.24, 2.45) is 0 Å². The molecule has 1 N–H and O–H groups in total. The zero-order valence-electron chi connectivity index (χ0n) is 13.3. The summed E-state index contributed by atoms with van der Waals surface area (Å²) >= 11 is 0. The largest absolute Gasteiger partial charge is 0.374 e. The second kappa shape index (κ2) is 6.68. The van der Waals surface area contributed by atoms with Crippen molar-refractivity contribution < 1.29 is 4.74 Å². The van der Waals surface area contributed by atoms with Crippen molar-refractivity contribution in [1.29, 1.82) is 0 Å². The summed E-state index contributed by atoms with van der Waals surface area (Å²) in [6.07, 6.45) is 5.39. The Hall–Kier alpha value is -0.930. The highest BCUT2D eigenvalue weighted by Gasteiger charge is 2.31. The Morgan fingerprint density at radius 1 is 1.45 bits per heavy atom. The lowest BCUT2D eigenvalue weighted by atomic mass is 9.97. The topological polar surface area (TPSA) is 34.1 Å². The predicted molar refractivity (Wildman–Crippen MR) is 83.1 cm³/mol. The summed E-state index contributed by atoms with van der Waals surface area (Å²) in [6, 6.07) is 4.62. The summed E-state index contributed by atoms with van der Waals surface area (Å²) in [5.74, 6) is 0.486. The first-order valence-electron chi connectivity index (χ1n) is 7.82. The number of aryl methyl sites for hydroxylation is 1. The van der Waals surface area contributed by atoms with E-state index in [-0.39, 0.29) is 5.60 Å². The summed E-state index contributed by atoms with van der Waals surface area (Å²) < 4.78 is 6.03. The van der Waals surface area contributed by atoms with Gasteiger partial charge >= 0.3 is 0 Å². The Morgan fingerprint density at radius 2 is 2.25 bits per heavy atom. The molecule has 0 aromatic carbocycles. The summed E-state index contributed by atoms with van der Waals surface area (Å²) in [5, 5.41) is 3.66. The second-order valence-corrected chi connectivity index (χ2v) is 6.68. The number of nitrogens with zero attached hydrogens (tertiary/aromatic N) is 1. The molecule has 3 nitrogen and oxygen atoms in total. The highest BCUT2D eigenvalue weighted by Crippen LogP contribution is 2.34. The smallest absolute Gasteiger partial charge is 0.0633 e. The number of ether oxygens (including phenoxy) is 1. The molecule has 0 saturated carbocycles. The minimum atomic E-state index is -0.0856. The Balaban J connectivity index is 2.07. The van der Waals surface area contributed by atoms with Crippen LogP contribution in [-0.2, 0) is 11.2 Å². The maximum atomic E-state index is 6.03. The number of nitrogens with one attached hydrogen (secondary N) is 1. The van der Waals surface area contributed by atoms with E-state index in [2.05, 4.69) is 44.1 Å². The van der Waals surface area contributed by atoms with Crippen LogP contribution in [0.2, 0.25) is 0 Å². The van der Waals surface area contributed by atoms with Gasteiger partial charge in [0.15, 0.2) is 0 Å². The van der Waals surface area contributed by atoms with Crippen LogP contribution >= 0.6 is 0 Å². The van der Waals surface area contributed by atoms with Crippen molar-refractivity contribution >= 4 is 0 Å². The van der Waals surface area contributed by atoms with Crippen molar-refractivity contribution in [3.63, 3.8) is 0 Å². The Labute approximate surface area is 123 Å². The van der Waals surface area contributed by atoms with Gasteiger partial charge in [0.2, 0.25) is 0 Å². The van der Waals surface area contributed by atoms with Crippen molar-refractivity contribution in [2.45, 2.75) is 64.5 Å². The second-order valence-electron chi connectivity index (χ2n) is 6.68. The molecule has 1 aromatic rings. The maximum absolute atomic E-state index is 6.03. The number of rotatable bonds is 6. The number of hydrogen-bond acceptors (Lipinski definition) is 3. The third-order valence-corrected chi connectivity index (χ3v) is 3.84. The third kappa shape index (κ3) is 4.03. The van der Waals surface area contributed by atoms with E-state index in [0.717, 1.165) is 26.0 Å². The minimum absolute atomic E-state index is 0.0856. The van der Waals surface area contributed by atoms with Crippen molar-refractivity contribution in [3.05, 3.63) is 29.6 Å². The molecule has 0 amide bonds. The standard InChI is InChI=1S/C17H28N2O/c1-5-10-18-15(12-20-17(2,3)4)14-9-8-13-7-6-11-19-16(13)14/h6-7,11,14-15,18H,5,8-10,12H2,1-4H3.